The lowest BCUT2D eigenvalue weighted by molar-refractivity contribution is 0.0676. The Labute approximate surface area is 175 Å². The molecule has 0 aliphatic carbocycles. The molecule has 3 heterocycles. The number of aliphatic imine (C=N–C) groups is 1. The number of amides is 1. The van der Waals surface area contributed by atoms with Gasteiger partial charge in [0, 0.05) is 49.9 Å². The van der Waals surface area contributed by atoms with Gasteiger partial charge in [0.05, 0.1) is 22.1 Å². The van der Waals surface area contributed by atoms with E-state index in [0.29, 0.717) is 30.0 Å². The summed E-state index contributed by atoms with van der Waals surface area (Å²) < 4.78 is 1.97. The maximum absolute atomic E-state index is 13.8. The highest BCUT2D eigenvalue weighted by Gasteiger charge is 2.30. The minimum Gasteiger partial charge on any atom is -0.387 e. The van der Waals surface area contributed by atoms with Crippen molar-refractivity contribution >= 4 is 47.3 Å². The van der Waals surface area contributed by atoms with Crippen LogP contribution in [-0.2, 0) is 0 Å². The van der Waals surface area contributed by atoms with E-state index in [-0.39, 0.29) is 18.0 Å². The minimum absolute atomic E-state index is 0.0324. The zero-order valence-electron chi connectivity index (χ0n) is 17.9. The number of pyridine rings is 1. The second-order valence-electron chi connectivity index (χ2n) is 7.84. The summed E-state index contributed by atoms with van der Waals surface area (Å²) in [5.74, 6) is -0.0324. The van der Waals surface area contributed by atoms with E-state index < -0.39 is 0 Å². The van der Waals surface area contributed by atoms with E-state index in [1.807, 2.05) is 47.5 Å². The molecule has 1 aliphatic rings. The van der Waals surface area contributed by atoms with Crippen LogP contribution in [0.2, 0.25) is 0 Å². The normalized spacial score (nSPS) is 20.5. The van der Waals surface area contributed by atoms with Gasteiger partial charge in [-0.3, -0.25) is 14.2 Å². The van der Waals surface area contributed by atoms with Gasteiger partial charge in [0.25, 0.3) is 5.91 Å². The Morgan fingerprint density at radius 1 is 1.30 bits per heavy atom. The lowest BCUT2D eigenvalue weighted by Gasteiger charge is -2.36. The molecule has 1 aliphatic heterocycles. The van der Waals surface area contributed by atoms with Crippen molar-refractivity contribution in [2.24, 2.45) is 4.99 Å². The van der Waals surface area contributed by atoms with Gasteiger partial charge in [0.1, 0.15) is 5.56 Å². The van der Waals surface area contributed by atoms with Crippen molar-refractivity contribution in [2.75, 3.05) is 25.5 Å². The number of para-hydroxylation sites is 2. The van der Waals surface area contributed by atoms with Crippen LogP contribution in [0.5, 0.6) is 0 Å². The maximum atomic E-state index is 13.8. The Kier molecular flexibility index (Phi) is 5.30. The molecule has 2 N–H and O–H groups in total. The van der Waals surface area contributed by atoms with Crippen molar-refractivity contribution in [3.8, 4) is 0 Å². The van der Waals surface area contributed by atoms with Gasteiger partial charge in [0.2, 0.25) is 0 Å². The average molecular weight is 405 g/mol. The summed E-state index contributed by atoms with van der Waals surface area (Å²) in [6, 6.07) is 8.33. The van der Waals surface area contributed by atoms with Gasteiger partial charge in [0.15, 0.2) is 5.65 Å². The number of nitrogens with zero attached hydrogens (tertiary/aromatic N) is 4. The fourth-order valence-corrected chi connectivity index (χ4v) is 4.38. The van der Waals surface area contributed by atoms with E-state index in [9.17, 15) is 4.79 Å². The van der Waals surface area contributed by atoms with E-state index in [1.165, 1.54) is 0 Å². The molecular weight excluding hydrogens is 376 g/mol. The molecule has 30 heavy (non-hydrogen) atoms. The number of carbonyl (C=O) groups excluding carboxylic acids is 1. The Morgan fingerprint density at radius 3 is 2.67 bits per heavy atom. The number of hydrogen-bond donors (Lipinski definition) is 2. The fraction of sp³-hybridized carbons (Fsp3) is 0.348. The number of imidazole rings is 1. The molecule has 0 radical (unpaired) electrons. The summed E-state index contributed by atoms with van der Waals surface area (Å²) in [4.78, 5) is 24.9. The van der Waals surface area contributed by atoms with Crippen LogP contribution in [0.25, 0.3) is 29.5 Å². The number of anilines is 1. The van der Waals surface area contributed by atoms with Crippen molar-refractivity contribution in [3.05, 3.63) is 40.4 Å². The van der Waals surface area contributed by atoms with Crippen LogP contribution < -0.4 is 21.2 Å². The van der Waals surface area contributed by atoms with Gasteiger partial charge in [-0.1, -0.05) is 18.7 Å². The average Bonchev–Trinajstić information content (AvgIpc) is 3.11. The first kappa shape index (κ1) is 20.1. The summed E-state index contributed by atoms with van der Waals surface area (Å²) in [6.07, 6.45) is 3.47. The van der Waals surface area contributed by atoms with Crippen LogP contribution >= 0.6 is 0 Å². The van der Waals surface area contributed by atoms with Crippen LogP contribution in [0.4, 0.5) is 5.69 Å². The highest BCUT2D eigenvalue weighted by atomic mass is 16.2. The van der Waals surface area contributed by atoms with Gasteiger partial charge in [-0.25, -0.2) is 4.98 Å². The molecule has 7 heteroatoms. The quantitative estimate of drug-likeness (QED) is 0.651. The minimum atomic E-state index is -0.0324. The zero-order valence-corrected chi connectivity index (χ0v) is 17.9. The SMILES string of the molecule is C=c1/c(=C\N=CC)c(NC)c(C(=O)N2CC(C)NC(C)C2)c2nc3ccccc3n12. The van der Waals surface area contributed by atoms with Crippen molar-refractivity contribution < 1.29 is 4.79 Å². The monoisotopic (exact) mass is 404 g/mol. The second kappa shape index (κ2) is 7.91. The lowest BCUT2D eigenvalue weighted by atomic mass is 10.1. The molecule has 1 amide bonds. The first-order chi connectivity index (χ1) is 14.5. The predicted molar refractivity (Wildman–Crippen MR) is 124 cm³/mol. The summed E-state index contributed by atoms with van der Waals surface area (Å²) in [7, 11) is 1.82. The number of aromatic nitrogens is 2. The number of hydrogen-bond acceptors (Lipinski definition) is 5. The van der Waals surface area contributed by atoms with E-state index in [1.54, 1.807) is 12.4 Å². The molecule has 7 nitrogen and oxygen atoms in total. The summed E-state index contributed by atoms with van der Waals surface area (Å²) in [5.41, 5.74) is 3.63. The molecule has 2 aromatic heterocycles. The molecule has 1 fully saturated rings. The topological polar surface area (TPSA) is 74.0 Å². The highest BCUT2D eigenvalue weighted by Crippen LogP contribution is 2.23. The Morgan fingerprint density at radius 2 is 2.00 bits per heavy atom. The van der Waals surface area contributed by atoms with E-state index in [2.05, 4.69) is 36.1 Å². The van der Waals surface area contributed by atoms with E-state index >= 15 is 0 Å². The molecule has 1 saturated heterocycles. The van der Waals surface area contributed by atoms with Gasteiger partial charge in [-0.2, -0.15) is 0 Å². The third-order valence-corrected chi connectivity index (χ3v) is 5.55. The third kappa shape index (κ3) is 3.25. The summed E-state index contributed by atoms with van der Waals surface area (Å²) in [6.45, 7) is 11.7. The Hall–Kier alpha value is -3.19. The standard InChI is InChI=1S/C23H28N6O/c1-6-25-11-17-16(4)29-19-10-8-7-9-18(19)27-22(29)20(21(17)24-5)23(30)28-12-14(2)26-15(3)13-28/h6-11,14-15,24,26H,4,12-13H2,1-3,5H3/b17-11+,25-6?. The van der Waals surface area contributed by atoms with Crippen LogP contribution in [0.1, 0.15) is 31.1 Å². The lowest BCUT2D eigenvalue weighted by Crippen LogP contribution is -2.56. The largest absolute Gasteiger partial charge is 0.387 e. The number of rotatable bonds is 3. The maximum Gasteiger partial charge on any atom is 0.259 e. The Bertz CT molecular complexity index is 1250. The van der Waals surface area contributed by atoms with Gasteiger partial charge in [-0.15, -0.1) is 0 Å². The van der Waals surface area contributed by atoms with Gasteiger partial charge in [-0.05, 0) is 32.9 Å². The zero-order chi connectivity index (χ0) is 21.4. The number of nitrogens with one attached hydrogen (secondary N) is 2. The highest BCUT2D eigenvalue weighted by molar-refractivity contribution is 6.06. The number of piperazine rings is 1. The predicted octanol–water partition coefficient (Wildman–Crippen LogP) is 1.59. The van der Waals surface area contributed by atoms with Crippen molar-refractivity contribution in [2.45, 2.75) is 32.9 Å². The molecule has 0 bridgehead atoms. The number of benzene rings is 1. The number of fused-ring (bicyclic) bond motifs is 3. The summed E-state index contributed by atoms with van der Waals surface area (Å²) >= 11 is 0. The smallest absolute Gasteiger partial charge is 0.259 e. The van der Waals surface area contributed by atoms with Crippen molar-refractivity contribution in [1.29, 1.82) is 0 Å². The molecule has 2 unspecified atom stereocenters. The van der Waals surface area contributed by atoms with Gasteiger partial charge < -0.3 is 15.5 Å². The van der Waals surface area contributed by atoms with Gasteiger partial charge >= 0.3 is 0 Å². The first-order valence-corrected chi connectivity index (χ1v) is 10.3. The van der Waals surface area contributed by atoms with Crippen LogP contribution in [0, 0.1) is 0 Å². The fourth-order valence-electron chi connectivity index (χ4n) is 4.38. The van der Waals surface area contributed by atoms with Crippen LogP contribution in [0.3, 0.4) is 0 Å². The molecule has 4 rings (SSSR count). The van der Waals surface area contributed by atoms with E-state index in [0.717, 1.165) is 21.6 Å². The molecule has 1 aromatic carbocycles. The summed E-state index contributed by atoms with van der Waals surface area (Å²) in [5, 5.41) is 8.24. The molecule has 0 saturated carbocycles. The van der Waals surface area contributed by atoms with Crippen LogP contribution in [0.15, 0.2) is 29.3 Å². The molecule has 156 valence electrons. The molecule has 2 atom stereocenters. The van der Waals surface area contributed by atoms with Crippen molar-refractivity contribution in [1.82, 2.24) is 19.6 Å². The van der Waals surface area contributed by atoms with Crippen molar-refractivity contribution in [3.63, 3.8) is 0 Å². The molecular formula is C23H28N6O. The number of carbonyl (C=O) groups is 1. The second-order valence-corrected chi connectivity index (χ2v) is 7.84. The van der Waals surface area contributed by atoms with E-state index in [4.69, 9.17) is 4.98 Å². The Balaban J connectivity index is 2.08. The third-order valence-electron chi connectivity index (χ3n) is 5.55. The first-order valence-electron chi connectivity index (χ1n) is 10.3. The molecule has 0 spiro atoms. The molecule has 3 aromatic rings. The van der Waals surface area contributed by atoms with Crippen LogP contribution in [-0.4, -0.2) is 58.6 Å².